The molecule has 2 rings (SSSR count). The highest BCUT2D eigenvalue weighted by Crippen LogP contribution is 2.23. The van der Waals surface area contributed by atoms with Crippen LogP contribution < -0.4 is 4.74 Å². The number of likely N-dealkylation sites (tertiary alicyclic amines) is 1. The van der Waals surface area contributed by atoms with Crippen LogP contribution in [0.4, 0.5) is 0 Å². The second-order valence-electron chi connectivity index (χ2n) is 5.92. The van der Waals surface area contributed by atoms with Crippen molar-refractivity contribution in [3.63, 3.8) is 0 Å². The Balaban J connectivity index is 1.80. The van der Waals surface area contributed by atoms with Gasteiger partial charge in [0.05, 0.1) is 7.11 Å². The van der Waals surface area contributed by atoms with Crippen molar-refractivity contribution < 1.29 is 14.3 Å². The summed E-state index contributed by atoms with van der Waals surface area (Å²) in [5, 5.41) is 0. The van der Waals surface area contributed by atoms with Crippen molar-refractivity contribution in [2.75, 3.05) is 26.8 Å². The van der Waals surface area contributed by atoms with Crippen LogP contribution in [0.2, 0.25) is 0 Å². The Kier molecular flexibility index (Phi) is 6.25. The van der Waals surface area contributed by atoms with Crippen LogP contribution in [-0.4, -0.2) is 43.7 Å². The van der Waals surface area contributed by atoms with Crippen molar-refractivity contribution in [3.05, 3.63) is 29.8 Å². The SMILES string of the molecule is CCOC(C)C(=O)N1CCC(Cc2ccc(OC)cc2)CC1. The van der Waals surface area contributed by atoms with Gasteiger partial charge in [-0.2, -0.15) is 0 Å². The molecule has 4 heteroatoms. The summed E-state index contributed by atoms with van der Waals surface area (Å²) in [5.74, 6) is 1.68. The molecule has 122 valence electrons. The van der Waals surface area contributed by atoms with E-state index in [4.69, 9.17) is 9.47 Å². The van der Waals surface area contributed by atoms with Gasteiger partial charge < -0.3 is 14.4 Å². The number of nitrogens with zero attached hydrogens (tertiary/aromatic N) is 1. The maximum atomic E-state index is 12.2. The molecule has 1 atom stereocenters. The van der Waals surface area contributed by atoms with E-state index in [2.05, 4.69) is 12.1 Å². The topological polar surface area (TPSA) is 38.8 Å². The Labute approximate surface area is 133 Å². The number of ether oxygens (including phenoxy) is 2. The molecule has 1 fully saturated rings. The van der Waals surface area contributed by atoms with Crippen LogP contribution >= 0.6 is 0 Å². The lowest BCUT2D eigenvalue weighted by Gasteiger charge is -2.33. The van der Waals surface area contributed by atoms with E-state index < -0.39 is 0 Å². The van der Waals surface area contributed by atoms with Crippen molar-refractivity contribution in [2.24, 2.45) is 5.92 Å². The molecule has 1 aromatic carbocycles. The molecule has 1 saturated heterocycles. The highest BCUT2D eigenvalue weighted by atomic mass is 16.5. The smallest absolute Gasteiger partial charge is 0.251 e. The number of rotatable bonds is 6. The largest absolute Gasteiger partial charge is 0.497 e. The number of methoxy groups -OCH3 is 1. The predicted molar refractivity (Wildman–Crippen MR) is 87.1 cm³/mol. The van der Waals surface area contributed by atoms with E-state index in [-0.39, 0.29) is 12.0 Å². The first kappa shape index (κ1) is 16.8. The Bertz CT molecular complexity index is 464. The van der Waals surface area contributed by atoms with Crippen molar-refractivity contribution in [1.29, 1.82) is 0 Å². The van der Waals surface area contributed by atoms with Gasteiger partial charge in [0, 0.05) is 19.7 Å². The quantitative estimate of drug-likeness (QED) is 0.811. The Morgan fingerprint density at radius 3 is 2.45 bits per heavy atom. The van der Waals surface area contributed by atoms with Gasteiger partial charge in [-0.3, -0.25) is 4.79 Å². The molecular weight excluding hydrogens is 278 g/mol. The minimum absolute atomic E-state index is 0.129. The standard InChI is InChI=1S/C18H27NO3/c1-4-22-14(2)18(20)19-11-9-16(10-12-19)13-15-5-7-17(21-3)8-6-15/h5-8,14,16H,4,9-13H2,1-3H3. The zero-order valence-electron chi connectivity index (χ0n) is 13.9. The van der Waals surface area contributed by atoms with Crippen LogP contribution in [0.5, 0.6) is 5.75 Å². The molecule has 0 radical (unpaired) electrons. The van der Waals surface area contributed by atoms with Crippen molar-refractivity contribution in [1.82, 2.24) is 4.90 Å². The Morgan fingerprint density at radius 1 is 1.27 bits per heavy atom. The monoisotopic (exact) mass is 305 g/mol. The number of hydrogen-bond donors (Lipinski definition) is 0. The molecule has 0 aliphatic carbocycles. The zero-order chi connectivity index (χ0) is 15.9. The second kappa shape index (κ2) is 8.18. The average Bonchev–Trinajstić information content (AvgIpc) is 2.56. The van der Waals surface area contributed by atoms with Crippen LogP contribution in [0.15, 0.2) is 24.3 Å². The van der Waals surface area contributed by atoms with Gasteiger partial charge in [0.2, 0.25) is 0 Å². The van der Waals surface area contributed by atoms with E-state index >= 15 is 0 Å². The fourth-order valence-corrected chi connectivity index (χ4v) is 3.03. The molecule has 1 aliphatic heterocycles. The number of carbonyl (C=O) groups is 1. The van der Waals surface area contributed by atoms with Gasteiger partial charge in [-0.15, -0.1) is 0 Å². The fourth-order valence-electron chi connectivity index (χ4n) is 3.03. The molecule has 1 unspecified atom stereocenters. The van der Waals surface area contributed by atoms with Gasteiger partial charge in [-0.25, -0.2) is 0 Å². The summed E-state index contributed by atoms with van der Waals surface area (Å²) < 4.78 is 10.6. The molecule has 0 saturated carbocycles. The van der Waals surface area contributed by atoms with E-state index in [1.807, 2.05) is 30.9 Å². The lowest BCUT2D eigenvalue weighted by Crippen LogP contribution is -2.44. The molecule has 1 aromatic rings. The maximum absolute atomic E-state index is 12.2. The normalized spacial score (nSPS) is 17.3. The third-order valence-corrected chi connectivity index (χ3v) is 4.37. The van der Waals surface area contributed by atoms with Crippen LogP contribution in [0.25, 0.3) is 0 Å². The molecule has 0 bridgehead atoms. The molecule has 1 amide bonds. The minimum atomic E-state index is -0.317. The summed E-state index contributed by atoms with van der Waals surface area (Å²) in [6, 6.07) is 8.29. The second-order valence-corrected chi connectivity index (χ2v) is 5.92. The van der Waals surface area contributed by atoms with Crippen molar-refractivity contribution >= 4 is 5.91 Å². The molecule has 1 aliphatic rings. The summed E-state index contributed by atoms with van der Waals surface area (Å²) >= 11 is 0. The molecule has 0 N–H and O–H groups in total. The van der Waals surface area contributed by atoms with Crippen molar-refractivity contribution in [3.8, 4) is 5.75 Å². The zero-order valence-corrected chi connectivity index (χ0v) is 13.9. The van der Waals surface area contributed by atoms with E-state index in [0.717, 1.165) is 38.1 Å². The molecule has 4 nitrogen and oxygen atoms in total. The maximum Gasteiger partial charge on any atom is 0.251 e. The summed E-state index contributed by atoms with van der Waals surface area (Å²) in [6.45, 7) is 6.04. The van der Waals surface area contributed by atoms with Crippen LogP contribution in [0.1, 0.15) is 32.3 Å². The number of benzene rings is 1. The van der Waals surface area contributed by atoms with Crippen LogP contribution in [0, 0.1) is 5.92 Å². The third kappa shape index (κ3) is 4.47. The first-order chi connectivity index (χ1) is 10.6. The summed E-state index contributed by atoms with van der Waals surface area (Å²) in [6.07, 6.45) is 2.89. The van der Waals surface area contributed by atoms with E-state index in [9.17, 15) is 4.79 Å². The first-order valence-electron chi connectivity index (χ1n) is 8.17. The van der Waals surface area contributed by atoms with Gasteiger partial charge in [-0.1, -0.05) is 12.1 Å². The third-order valence-electron chi connectivity index (χ3n) is 4.37. The molecule has 0 aromatic heterocycles. The average molecular weight is 305 g/mol. The number of carbonyl (C=O) groups excluding carboxylic acids is 1. The fraction of sp³-hybridized carbons (Fsp3) is 0.611. The van der Waals surface area contributed by atoms with Gasteiger partial charge in [0.25, 0.3) is 5.91 Å². The van der Waals surface area contributed by atoms with Crippen LogP contribution in [0.3, 0.4) is 0 Å². The lowest BCUT2D eigenvalue weighted by atomic mass is 9.90. The highest BCUT2D eigenvalue weighted by molar-refractivity contribution is 5.80. The van der Waals surface area contributed by atoms with Gasteiger partial charge >= 0.3 is 0 Å². The van der Waals surface area contributed by atoms with Crippen LogP contribution in [-0.2, 0) is 16.0 Å². The summed E-state index contributed by atoms with van der Waals surface area (Å²) in [7, 11) is 1.69. The van der Waals surface area contributed by atoms with Crippen molar-refractivity contribution in [2.45, 2.75) is 39.2 Å². The number of amides is 1. The van der Waals surface area contributed by atoms with Gasteiger partial charge in [0.1, 0.15) is 11.9 Å². The molecule has 1 heterocycles. The lowest BCUT2D eigenvalue weighted by molar-refractivity contribution is -0.143. The first-order valence-corrected chi connectivity index (χ1v) is 8.17. The molecule has 22 heavy (non-hydrogen) atoms. The Morgan fingerprint density at radius 2 is 1.91 bits per heavy atom. The van der Waals surface area contributed by atoms with Gasteiger partial charge in [0.15, 0.2) is 0 Å². The summed E-state index contributed by atoms with van der Waals surface area (Å²) in [5.41, 5.74) is 1.34. The Hall–Kier alpha value is -1.55. The van der Waals surface area contributed by atoms with E-state index in [1.54, 1.807) is 7.11 Å². The molecular formula is C18H27NO3. The summed E-state index contributed by atoms with van der Waals surface area (Å²) in [4.78, 5) is 14.2. The van der Waals surface area contributed by atoms with E-state index in [0.29, 0.717) is 12.5 Å². The van der Waals surface area contributed by atoms with E-state index in [1.165, 1.54) is 5.56 Å². The minimum Gasteiger partial charge on any atom is -0.497 e. The number of piperidine rings is 1. The van der Waals surface area contributed by atoms with Gasteiger partial charge in [-0.05, 0) is 56.7 Å². The highest BCUT2D eigenvalue weighted by Gasteiger charge is 2.26. The predicted octanol–water partition coefficient (Wildman–Crippen LogP) is 2.90. The molecule has 0 spiro atoms. The number of hydrogen-bond acceptors (Lipinski definition) is 3.